The summed E-state index contributed by atoms with van der Waals surface area (Å²) in [7, 11) is 0. The first kappa shape index (κ1) is 19.8. The second-order valence-electron chi connectivity index (χ2n) is 5.52. The summed E-state index contributed by atoms with van der Waals surface area (Å²) >= 11 is 3.41. The fourth-order valence-corrected chi connectivity index (χ4v) is 2.59. The molecule has 1 unspecified atom stereocenters. The molecule has 138 valence electrons. The van der Waals surface area contributed by atoms with Crippen molar-refractivity contribution in [2.45, 2.75) is 26.4 Å². The number of benzene rings is 2. The van der Waals surface area contributed by atoms with Gasteiger partial charge < -0.3 is 9.47 Å². The number of carbonyl (C=O) groups is 2. The summed E-state index contributed by atoms with van der Waals surface area (Å²) in [6, 6.07) is 14.6. The highest BCUT2D eigenvalue weighted by Gasteiger charge is 2.15. The molecule has 0 saturated heterocycles. The van der Waals surface area contributed by atoms with E-state index in [1.54, 1.807) is 25.1 Å². The van der Waals surface area contributed by atoms with Gasteiger partial charge in [-0.2, -0.15) is 0 Å². The van der Waals surface area contributed by atoms with Crippen LogP contribution in [0, 0.1) is 0 Å². The van der Waals surface area contributed by atoms with Crippen LogP contribution in [0.25, 0.3) is 0 Å². The molecule has 2 aromatic rings. The largest absolute Gasteiger partial charge is 0.483 e. The Bertz CT molecular complexity index is 752. The fourth-order valence-electron chi connectivity index (χ4n) is 2.05. The summed E-state index contributed by atoms with van der Waals surface area (Å²) < 4.78 is 11.7. The maximum Gasteiger partial charge on any atom is 0.279 e. The summed E-state index contributed by atoms with van der Waals surface area (Å²) in [5, 5.41) is 0. The van der Waals surface area contributed by atoms with Crippen LogP contribution in [0.1, 0.15) is 19.4 Å². The van der Waals surface area contributed by atoms with Gasteiger partial charge in [-0.25, -0.2) is 0 Å². The molecule has 0 aliphatic heterocycles. The average molecular weight is 421 g/mol. The molecule has 2 amide bonds. The fraction of sp³-hybridized carbons (Fsp3) is 0.263. The SMILES string of the molecule is CCc1ccc(OCC(=O)NNC(=O)C(C)Oc2ccccc2)c(Br)c1. The van der Waals surface area contributed by atoms with Crippen molar-refractivity contribution in [1.82, 2.24) is 10.9 Å². The van der Waals surface area contributed by atoms with Gasteiger partial charge in [0.15, 0.2) is 12.7 Å². The van der Waals surface area contributed by atoms with E-state index >= 15 is 0 Å². The molecule has 0 heterocycles. The van der Waals surface area contributed by atoms with Crippen molar-refractivity contribution in [3.05, 3.63) is 58.6 Å². The molecule has 2 aromatic carbocycles. The normalized spacial score (nSPS) is 11.3. The summed E-state index contributed by atoms with van der Waals surface area (Å²) in [6.45, 7) is 3.43. The van der Waals surface area contributed by atoms with Gasteiger partial charge in [-0.05, 0) is 59.1 Å². The first-order valence-corrected chi connectivity index (χ1v) is 9.00. The number of carbonyl (C=O) groups excluding carboxylic acids is 2. The van der Waals surface area contributed by atoms with E-state index in [1.807, 2.05) is 30.3 Å². The van der Waals surface area contributed by atoms with Crippen LogP contribution in [0.4, 0.5) is 0 Å². The van der Waals surface area contributed by atoms with Crippen LogP contribution in [0.5, 0.6) is 11.5 Å². The molecule has 0 spiro atoms. The van der Waals surface area contributed by atoms with Gasteiger partial charge in [0.2, 0.25) is 0 Å². The van der Waals surface area contributed by atoms with Gasteiger partial charge in [-0.1, -0.05) is 31.2 Å². The highest BCUT2D eigenvalue weighted by molar-refractivity contribution is 9.10. The third-order valence-electron chi connectivity index (χ3n) is 3.51. The van der Waals surface area contributed by atoms with Crippen molar-refractivity contribution in [2.24, 2.45) is 0 Å². The zero-order valence-electron chi connectivity index (χ0n) is 14.6. The van der Waals surface area contributed by atoms with E-state index in [4.69, 9.17) is 9.47 Å². The smallest absolute Gasteiger partial charge is 0.279 e. The van der Waals surface area contributed by atoms with Gasteiger partial charge in [-0.15, -0.1) is 0 Å². The van der Waals surface area contributed by atoms with Crippen LogP contribution < -0.4 is 20.3 Å². The van der Waals surface area contributed by atoms with Crippen LogP contribution in [0.15, 0.2) is 53.0 Å². The van der Waals surface area contributed by atoms with E-state index in [-0.39, 0.29) is 6.61 Å². The van der Waals surface area contributed by atoms with Gasteiger partial charge in [0.1, 0.15) is 11.5 Å². The predicted molar refractivity (Wildman–Crippen MR) is 102 cm³/mol. The maximum absolute atomic E-state index is 12.0. The Hall–Kier alpha value is -2.54. The van der Waals surface area contributed by atoms with Crippen LogP contribution in [0.2, 0.25) is 0 Å². The number of hydrogen-bond acceptors (Lipinski definition) is 4. The van der Waals surface area contributed by atoms with Crippen LogP contribution in [0.3, 0.4) is 0 Å². The maximum atomic E-state index is 12.0. The Kier molecular flexibility index (Phi) is 7.47. The second kappa shape index (κ2) is 9.82. The van der Waals surface area contributed by atoms with Crippen molar-refractivity contribution in [3.8, 4) is 11.5 Å². The van der Waals surface area contributed by atoms with Gasteiger partial charge in [0.05, 0.1) is 4.47 Å². The summed E-state index contributed by atoms with van der Waals surface area (Å²) in [4.78, 5) is 23.8. The lowest BCUT2D eigenvalue weighted by molar-refractivity contribution is -0.133. The monoisotopic (exact) mass is 420 g/mol. The Morgan fingerprint density at radius 3 is 2.50 bits per heavy atom. The molecule has 6 nitrogen and oxygen atoms in total. The molecule has 0 radical (unpaired) electrons. The molecule has 1 atom stereocenters. The van der Waals surface area contributed by atoms with Crippen molar-refractivity contribution in [1.29, 1.82) is 0 Å². The molecule has 2 N–H and O–H groups in total. The Morgan fingerprint density at radius 1 is 1.12 bits per heavy atom. The van der Waals surface area contributed by atoms with Crippen molar-refractivity contribution in [3.63, 3.8) is 0 Å². The van der Waals surface area contributed by atoms with E-state index in [0.717, 1.165) is 16.5 Å². The molecule has 0 aliphatic carbocycles. The highest BCUT2D eigenvalue weighted by Crippen LogP contribution is 2.26. The lowest BCUT2D eigenvalue weighted by atomic mass is 10.2. The number of amides is 2. The van der Waals surface area contributed by atoms with Gasteiger partial charge in [0, 0.05) is 0 Å². The minimum atomic E-state index is -0.755. The van der Waals surface area contributed by atoms with Crippen LogP contribution in [-0.2, 0) is 16.0 Å². The second-order valence-corrected chi connectivity index (χ2v) is 6.37. The third-order valence-corrected chi connectivity index (χ3v) is 4.13. The average Bonchev–Trinajstić information content (AvgIpc) is 2.65. The molecule has 0 aromatic heterocycles. The predicted octanol–water partition coefficient (Wildman–Crippen LogP) is 3.01. The van der Waals surface area contributed by atoms with E-state index < -0.39 is 17.9 Å². The van der Waals surface area contributed by atoms with Gasteiger partial charge in [-0.3, -0.25) is 20.4 Å². The highest BCUT2D eigenvalue weighted by atomic mass is 79.9. The first-order chi connectivity index (χ1) is 12.5. The molecule has 0 bridgehead atoms. The number of nitrogens with one attached hydrogen (secondary N) is 2. The molecular formula is C19H21BrN2O4. The van der Waals surface area contributed by atoms with Crippen molar-refractivity contribution in [2.75, 3.05) is 6.61 Å². The number of ether oxygens (including phenoxy) is 2. The summed E-state index contributed by atoms with van der Waals surface area (Å²) in [5.41, 5.74) is 5.78. The zero-order chi connectivity index (χ0) is 18.9. The Balaban J connectivity index is 1.75. The van der Waals surface area contributed by atoms with Gasteiger partial charge >= 0.3 is 0 Å². The minimum Gasteiger partial charge on any atom is -0.483 e. The van der Waals surface area contributed by atoms with Crippen molar-refractivity contribution >= 4 is 27.7 Å². The standard InChI is InChI=1S/C19H21BrN2O4/c1-3-14-9-10-17(16(20)11-14)25-12-18(23)21-22-19(24)13(2)26-15-7-5-4-6-8-15/h4-11,13H,3,12H2,1-2H3,(H,21,23)(H,22,24). The number of hydrazine groups is 1. The zero-order valence-corrected chi connectivity index (χ0v) is 16.2. The topological polar surface area (TPSA) is 76.7 Å². The van der Waals surface area contributed by atoms with E-state index in [2.05, 4.69) is 33.7 Å². The molecular weight excluding hydrogens is 400 g/mol. The van der Waals surface area contributed by atoms with E-state index in [9.17, 15) is 9.59 Å². The van der Waals surface area contributed by atoms with E-state index in [0.29, 0.717) is 11.5 Å². The first-order valence-electron chi connectivity index (χ1n) is 8.21. The Labute approximate surface area is 161 Å². The number of para-hydroxylation sites is 1. The Morgan fingerprint density at radius 2 is 1.85 bits per heavy atom. The molecule has 0 aliphatic rings. The lowest BCUT2D eigenvalue weighted by Gasteiger charge is -2.15. The number of rotatable bonds is 7. The van der Waals surface area contributed by atoms with E-state index in [1.165, 1.54) is 0 Å². The number of halogens is 1. The number of hydrogen-bond donors (Lipinski definition) is 2. The summed E-state index contributed by atoms with van der Waals surface area (Å²) in [5.74, 6) is 0.196. The quantitative estimate of drug-likeness (QED) is 0.674. The molecule has 0 saturated carbocycles. The van der Waals surface area contributed by atoms with Crippen LogP contribution >= 0.6 is 15.9 Å². The molecule has 0 fully saturated rings. The molecule has 26 heavy (non-hydrogen) atoms. The summed E-state index contributed by atoms with van der Waals surface area (Å²) in [6.07, 6.45) is 0.156. The van der Waals surface area contributed by atoms with Crippen molar-refractivity contribution < 1.29 is 19.1 Å². The third kappa shape index (κ3) is 6.07. The van der Waals surface area contributed by atoms with Gasteiger partial charge in [0.25, 0.3) is 11.8 Å². The number of aryl methyl sites for hydroxylation is 1. The lowest BCUT2D eigenvalue weighted by Crippen LogP contribution is -2.48. The molecule has 7 heteroatoms. The van der Waals surface area contributed by atoms with Crippen LogP contribution in [-0.4, -0.2) is 24.5 Å². The minimum absolute atomic E-state index is 0.224. The molecule has 2 rings (SSSR count).